The van der Waals surface area contributed by atoms with Crippen LogP contribution in [0.4, 0.5) is 0 Å². The molecule has 4 fully saturated rings. The first-order chi connectivity index (χ1) is 19.8. The van der Waals surface area contributed by atoms with Gasteiger partial charge in [0.25, 0.3) is 0 Å². The Balaban J connectivity index is 1.50. The predicted molar refractivity (Wildman–Crippen MR) is 138 cm³/mol. The quantitative estimate of drug-likeness (QED) is 0.115. The van der Waals surface area contributed by atoms with Gasteiger partial charge in [-0.05, 0) is 6.42 Å². The van der Waals surface area contributed by atoms with Crippen molar-refractivity contribution in [3.8, 4) is 0 Å². The zero-order chi connectivity index (χ0) is 31.0. The van der Waals surface area contributed by atoms with Crippen molar-refractivity contribution in [3.05, 3.63) is 0 Å². The van der Waals surface area contributed by atoms with Crippen LogP contribution in [0.5, 0.6) is 0 Å². The lowest BCUT2D eigenvalue weighted by Gasteiger charge is -2.47. The molecule has 19 N–H and O–H groups in total. The summed E-state index contributed by atoms with van der Waals surface area (Å²) in [6.45, 7) is -0.967. The third kappa shape index (κ3) is 6.60. The summed E-state index contributed by atoms with van der Waals surface area (Å²) in [5, 5.41) is 73.0. The van der Waals surface area contributed by atoms with Crippen LogP contribution in [-0.2, 0) is 28.4 Å². The maximum absolute atomic E-state index is 11.1. The molecule has 3 aliphatic heterocycles. The molecule has 0 amide bonds. The van der Waals surface area contributed by atoms with Gasteiger partial charge in [-0.3, -0.25) is 0 Å². The van der Waals surface area contributed by atoms with Gasteiger partial charge >= 0.3 is 0 Å². The van der Waals surface area contributed by atoms with Crippen LogP contribution in [0.3, 0.4) is 0 Å². The largest absolute Gasteiger partial charge is 0.394 e. The van der Waals surface area contributed by atoms with Crippen molar-refractivity contribution in [2.45, 2.75) is 123 Å². The molecule has 3 heterocycles. The van der Waals surface area contributed by atoms with Crippen LogP contribution >= 0.6 is 0 Å². The van der Waals surface area contributed by atoms with Gasteiger partial charge in [0.15, 0.2) is 18.9 Å². The van der Waals surface area contributed by atoms with Crippen LogP contribution in [0, 0.1) is 0 Å². The van der Waals surface area contributed by atoms with E-state index in [2.05, 4.69) is 0 Å². The minimum atomic E-state index is -1.60. The highest BCUT2D eigenvalue weighted by molar-refractivity contribution is 5.02. The number of hydrogen-bond acceptors (Lipinski definition) is 19. The summed E-state index contributed by atoms with van der Waals surface area (Å²) in [5.74, 6) is 0. The van der Waals surface area contributed by atoms with E-state index >= 15 is 0 Å². The van der Waals surface area contributed by atoms with Gasteiger partial charge in [0, 0.05) is 25.2 Å². The first-order valence-corrected chi connectivity index (χ1v) is 13.9. The van der Waals surface area contributed by atoms with E-state index < -0.39 is 123 Å². The molecule has 0 unspecified atom stereocenters. The summed E-state index contributed by atoms with van der Waals surface area (Å²) in [4.78, 5) is 0. The second kappa shape index (κ2) is 14.1. The molecular formula is C23H46N6O13. The van der Waals surface area contributed by atoms with E-state index in [-0.39, 0.29) is 19.5 Å². The molecule has 4 rings (SSSR count). The maximum atomic E-state index is 11.1. The lowest BCUT2D eigenvalue weighted by atomic mass is 9.84. The summed E-state index contributed by atoms with van der Waals surface area (Å²) in [6, 6.07) is -4.18. The van der Waals surface area contributed by atoms with Gasteiger partial charge in [0.1, 0.15) is 67.1 Å². The first-order valence-electron chi connectivity index (χ1n) is 13.9. The normalized spacial score (nSPS) is 53.8. The van der Waals surface area contributed by atoms with Crippen molar-refractivity contribution in [2.24, 2.45) is 34.4 Å². The Morgan fingerprint density at radius 3 is 1.45 bits per heavy atom. The fourth-order valence-electron chi connectivity index (χ4n) is 5.74. The van der Waals surface area contributed by atoms with Crippen LogP contribution in [0.15, 0.2) is 0 Å². The van der Waals surface area contributed by atoms with E-state index in [0.717, 1.165) is 0 Å². The highest BCUT2D eigenvalue weighted by atomic mass is 16.8. The molecule has 246 valence electrons. The van der Waals surface area contributed by atoms with Crippen molar-refractivity contribution < 1.29 is 64.2 Å². The van der Waals surface area contributed by atoms with Crippen LogP contribution in [-0.4, -0.2) is 172 Å². The number of hydrogen-bond donors (Lipinski definition) is 13. The fraction of sp³-hybridized carbons (Fsp3) is 1.00. The molecule has 3 saturated heterocycles. The van der Waals surface area contributed by atoms with Crippen molar-refractivity contribution in [1.82, 2.24) is 0 Å². The SMILES string of the molecule is NC[C@H]1O[C@H](O[C@H]2[C@H](O[C@H]3O[C@H](CO)[C@@H](O[C@H]4O[C@H](CN)[C@@H](O)[C@H](O)[C@H]4N)[C@H]3O)[C@@H](O)[C@H](N)C[C@@H]2N)[C@H](N)[C@@H](O)[C@@H]1O. The van der Waals surface area contributed by atoms with E-state index in [1.165, 1.54) is 0 Å². The zero-order valence-electron chi connectivity index (χ0n) is 22.8. The Kier molecular flexibility index (Phi) is 11.5. The van der Waals surface area contributed by atoms with Gasteiger partial charge in [0.2, 0.25) is 0 Å². The molecule has 19 atom stereocenters. The van der Waals surface area contributed by atoms with Gasteiger partial charge in [-0.15, -0.1) is 0 Å². The maximum Gasteiger partial charge on any atom is 0.187 e. The molecule has 0 radical (unpaired) electrons. The van der Waals surface area contributed by atoms with Gasteiger partial charge in [-0.2, -0.15) is 0 Å². The summed E-state index contributed by atoms with van der Waals surface area (Å²) >= 11 is 0. The molecule has 1 aliphatic carbocycles. The molecule has 0 spiro atoms. The number of aliphatic hydroxyl groups excluding tert-OH is 7. The van der Waals surface area contributed by atoms with Gasteiger partial charge in [-0.25, -0.2) is 0 Å². The summed E-state index contributed by atoms with van der Waals surface area (Å²) in [6.07, 6.45) is -19.8. The van der Waals surface area contributed by atoms with Crippen LogP contribution in [0.1, 0.15) is 6.42 Å². The molecule has 19 heteroatoms. The molecule has 0 aromatic heterocycles. The zero-order valence-corrected chi connectivity index (χ0v) is 22.8. The van der Waals surface area contributed by atoms with Crippen molar-refractivity contribution in [3.63, 3.8) is 0 Å². The standard InChI is InChI=1S/C23H46N6O13/c24-2-7-13(32)15(34)10(28)21(37-7)40-18-6(27)1-5(26)12(31)20(18)42-23-17(36)19(9(4-30)39-23)41-22-11(29)16(35)14(33)8(3-25)38-22/h5-23,30-36H,1-4,24-29H2/t5-,6+,7-,8-,9-,10-,11-,12+,13-,14-,15-,16-,17-,18-,19-,20-,21-,22-,23-/m1/s1. The highest BCUT2D eigenvalue weighted by Crippen LogP contribution is 2.34. The van der Waals surface area contributed by atoms with Crippen molar-refractivity contribution in [2.75, 3.05) is 19.7 Å². The number of aliphatic hydroxyl groups is 7. The summed E-state index contributed by atoms with van der Waals surface area (Å²) < 4.78 is 34.6. The van der Waals surface area contributed by atoms with Crippen LogP contribution < -0.4 is 34.4 Å². The molecular weight excluding hydrogens is 568 g/mol. The minimum Gasteiger partial charge on any atom is -0.394 e. The molecule has 1 saturated carbocycles. The third-order valence-corrected chi connectivity index (χ3v) is 8.37. The van der Waals surface area contributed by atoms with Gasteiger partial charge in [0.05, 0.1) is 24.8 Å². The Morgan fingerprint density at radius 1 is 0.524 bits per heavy atom. The summed E-state index contributed by atoms with van der Waals surface area (Å²) in [5.41, 5.74) is 35.6. The van der Waals surface area contributed by atoms with E-state index in [1.54, 1.807) is 0 Å². The Labute approximate surface area is 241 Å². The highest BCUT2D eigenvalue weighted by Gasteiger charge is 2.54. The molecule has 42 heavy (non-hydrogen) atoms. The number of nitrogens with two attached hydrogens (primary N) is 6. The second-order valence-electron chi connectivity index (χ2n) is 11.2. The average Bonchev–Trinajstić information content (AvgIpc) is 3.27. The lowest BCUT2D eigenvalue weighted by Crippen LogP contribution is -2.68. The monoisotopic (exact) mass is 614 g/mol. The first kappa shape index (κ1) is 34.1. The van der Waals surface area contributed by atoms with Gasteiger partial charge in [-0.1, -0.05) is 0 Å². The minimum absolute atomic E-state index is 0.0889. The van der Waals surface area contributed by atoms with E-state index in [1.807, 2.05) is 0 Å². The molecule has 19 nitrogen and oxygen atoms in total. The second-order valence-corrected chi connectivity index (χ2v) is 11.2. The lowest BCUT2D eigenvalue weighted by molar-refractivity contribution is -0.306. The van der Waals surface area contributed by atoms with E-state index in [0.29, 0.717) is 0 Å². The average molecular weight is 615 g/mol. The Bertz CT molecular complexity index is 868. The predicted octanol–water partition coefficient (Wildman–Crippen LogP) is -8.90. The topological polar surface area (TPSA) is 353 Å². The molecule has 0 aromatic carbocycles. The van der Waals surface area contributed by atoms with E-state index in [9.17, 15) is 35.7 Å². The van der Waals surface area contributed by atoms with Gasteiger partial charge < -0.3 is 98.6 Å². The van der Waals surface area contributed by atoms with Crippen LogP contribution in [0.25, 0.3) is 0 Å². The molecule has 4 aliphatic rings. The molecule has 0 bridgehead atoms. The smallest absolute Gasteiger partial charge is 0.187 e. The van der Waals surface area contributed by atoms with Crippen molar-refractivity contribution >= 4 is 0 Å². The number of rotatable bonds is 9. The van der Waals surface area contributed by atoms with Crippen molar-refractivity contribution in [1.29, 1.82) is 0 Å². The Hall–Kier alpha value is -0.760. The Morgan fingerprint density at radius 2 is 0.976 bits per heavy atom. The fourth-order valence-corrected chi connectivity index (χ4v) is 5.74. The molecule has 0 aromatic rings. The number of ether oxygens (including phenoxy) is 6. The van der Waals surface area contributed by atoms with E-state index in [4.69, 9.17) is 62.8 Å². The third-order valence-electron chi connectivity index (χ3n) is 8.37. The van der Waals surface area contributed by atoms with Crippen LogP contribution in [0.2, 0.25) is 0 Å². The summed E-state index contributed by atoms with van der Waals surface area (Å²) in [7, 11) is 0.